The fourth-order valence-electron chi connectivity index (χ4n) is 1.60. The minimum absolute atomic E-state index is 0.419. The van der Waals surface area contributed by atoms with Crippen molar-refractivity contribution in [2.24, 2.45) is 0 Å². The highest BCUT2D eigenvalue weighted by Crippen LogP contribution is 2.23. The van der Waals surface area contributed by atoms with Crippen LogP contribution in [0.4, 0.5) is 0 Å². The van der Waals surface area contributed by atoms with Crippen LogP contribution in [-0.4, -0.2) is 28.5 Å². The average molecular weight is 163 g/mol. The van der Waals surface area contributed by atoms with Gasteiger partial charge in [-0.2, -0.15) is 0 Å². The van der Waals surface area contributed by atoms with Gasteiger partial charge >= 0.3 is 0 Å². The molecule has 2 heterocycles. The number of fused-ring (bicyclic) bond motifs is 1. The summed E-state index contributed by atoms with van der Waals surface area (Å²) in [4.78, 5) is 11.0. The molecule has 64 valence electrons. The molecule has 1 aromatic heterocycles. The van der Waals surface area contributed by atoms with E-state index in [0.29, 0.717) is 6.04 Å². The van der Waals surface area contributed by atoms with E-state index in [-0.39, 0.29) is 0 Å². The second-order valence-corrected chi connectivity index (χ2v) is 3.29. The maximum absolute atomic E-state index is 4.35. The van der Waals surface area contributed by atoms with Crippen LogP contribution < -0.4 is 0 Å². The number of likely N-dealkylation sites (N-methyl/N-ethyl adjacent to an activating group) is 1. The van der Waals surface area contributed by atoms with Crippen molar-refractivity contribution < 1.29 is 0 Å². The van der Waals surface area contributed by atoms with E-state index < -0.39 is 0 Å². The minimum atomic E-state index is 0.419. The van der Waals surface area contributed by atoms with E-state index in [4.69, 9.17) is 0 Å². The molecule has 1 aliphatic heterocycles. The largest absolute Gasteiger partial charge is 0.298 e. The third-order valence-corrected chi connectivity index (χ3v) is 2.56. The van der Waals surface area contributed by atoms with Crippen LogP contribution in [0.15, 0.2) is 12.4 Å². The lowest BCUT2D eigenvalue weighted by Gasteiger charge is -2.29. The Morgan fingerprint density at radius 3 is 3.00 bits per heavy atom. The molecule has 1 aromatic rings. The van der Waals surface area contributed by atoms with Gasteiger partial charge in [-0.3, -0.25) is 14.9 Å². The van der Waals surface area contributed by atoms with E-state index in [1.54, 1.807) is 12.4 Å². The van der Waals surface area contributed by atoms with E-state index in [2.05, 4.69) is 28.8 Å². The number of nitrogens with zero attached hydrogens (tertiary/aromatic N) is 3. The van der Waals surface area contributed by atoms with Crippen molar-refractivity contribution in [1.29, 1.82) is 0 Å². The summed E-state index contributed by atoms with van der Waals surface area (Å²) in [6.45, 7) is 3.26. The first kappa shape index (κ1) is 7.68. The number of aromatic nitrogens is 2. The van der Waals surface area contributed by atoms with Crippen LogP contribution in [0.1, 0.15) is 24.4 Å². The Hall–Kier alpha value is -0.960. The highest BCUT2D eigenvalue weighted by atomic mass is 15.1. The number of hydrogen-bond acceptors (Lipinski definition) is 3. The van der Waals surface area contributed by atoms with Crippen LogP contribution in [0.5, 0.6) is 0 Å². The second kappa shape index (κ2) is 2.83. The van der Waals surface area contributed by atoms with E-state index >= 15 is 0 Å². The third kappa shape index (κ3) is 1.10. The Bertz CT molecular complexity index is 285. The van der Waals surface area contributed by atoms with Gasteiger partial charge in [-0.15, -0.1) is 0 Å². The van der Waals surface area contributed by atoms with Gasteiger partial charge in [0.1, 0.15) is 0 Å². The van der Waals surface area contributed by atoms with Gasteiger partial charge in [-0.05, 0) is 14.0 Å². The van der Waals surface area contributed by atoms with Gasteiger partial charge in [-0.1, -0.05) is 0 Å². The molecule has 2 rings (SSSR count). The highest BCUT2D eigenvalue weighted by molar-refractivity contribution is 5.17. The maximum Gasteiger partial charge on any atom is 0.0787 e. The lowest BCUT2D eigenvalue weighted by atomic mass is 10.0. The molecule has 3 nitrogen and oxygen atoms in total. The Morgan fingerprint density at radius 2 is 2.17 bits per heavy atom. The van der Waals surface area contributed by atoms with Crippen molar-refractivity contribution >= 4 is 0 Å². The monoisotopic (exact) mass is 163 g/mol. The zero-order valence-corrected chi connectivity index (χ0v) is 7.49. The minimum Gasteiger partial charge on any atom is -0.298 e. The number of rotatable bonds is 0. The van der Waals surface area contributed by atoms with Crippen molar-refractivity contribution in [3.63, 3.8) is 0 Å². The lowest BCUT2D eigenvalue weighted by molar-refractivity contribution is 0.239. The predicted octanol–water partition coefficient (Wildman–Crippen LogP) is 1.03. The van der Waals surface area contributed by atoms with E-state index in [9.17, 15) is 0 Å². The first-order valence-electron chi connectivity index (χ1n) is 4.29. The molecular formula is C9H13N3. The summed E-state index contributed by atoms with van der Waals surface area (Å²) >= 11 is 0. The molecule has 0 spiro atoms. The van der Waals surface area contributed by atoms with Gasteiger partial charge < -0.3 is 0 Å². The normalized spacial score (nSPS) is 23.7. The van der Waals surface area contributed by atoms with Gasteiger partial charge in [0.2, 0.25) is 0 Å². The van der Waals surface area contributed by atoms with Crippen LogP contribution >= 0.6 is 0 Å². The van der Waals surface area contributed by atoms with Crippen molar-refractivity contribution in [3.8, 4) is 0 Å². The van der Waals surface area contributed by atoms with Crippen molar-refractivity contribution in [3.05, 3.63) is 23.8 Å². The van der Waals surface area contributed by atoms with Gasteiger partial charge in [0.05, 0.1) is 17.4 Å². The summed E-state index contributed by atoms with van der Waals surface area (Å²) in [5.41, 5.74) is 2.31. The molecule has 0 saturated carbocycles. The molecule has 0 fully saturated rings. The summed E-state index contributed by atoms with van der Waals surface area (Å²) in [5.74, 6) is 0. The average Bonchev–Trinajstić information content (AvgIpc) is 2.12. The molecule has 1 atom stereocenters. The number of hydrogen-bond donors (Lipinski definition) is 0. The standard InChI is InChI=1S/C9H13N3/c1-7-9-8(3-6-12(7)2)10-4-5-11-9/h4-5,7H,3,6H2,1-2H3. The maximum atomic E-state index is 4.35. The first-order valence-corrected chi connectivity index (χ1v) is 4.29. The van der Waals surface area contributed by atoms with E-state index in [0.717, 1.165) is 18.7 Å². The highest BCUT2D eigenvalue weighted by Gasteiger charge is 2.22. The second-order valence-electron chi connectivity index (χ2n) is 3.29. The van der Waals surface area contributed by atoms with Crippen LogP contribution in [-0.2, 0) is 6.42 Å². The zero-order valence-electron chi connectivity index (χ0n) is 7.49. The van der Waals surface area contributed by atoms with Gasteiger partial charge in [0, 0.05) is 25.4 Å². The molecule has 0 aromatic carbocycles. The molecule has 0 bridgehead atoms. The fourth-order valence-corrected chi connectivity index (χ4v) is 1.60. The molecule has 1 unspecified atom stereocenters. The van der Waals surface area contributed by atoms with Crippen LogP contribution in [0, 0.1) is 0 Å². The SMILES string of the molecule is CC1c2nccnc2CCN1C. The molecule has 0 N–H and O–H groups in total. The smallest absolute Gasteiger partial charge is 0.0787 e. The molecular weight excluding hydrogens is 150 g/mol. The first-order chi connectivity index (χ1) is 5.79. The predicted molar refractivity (Wildman–Crippen MR) is 46.8 cm³/mol. The fraction of sp³-hybridized carbons (Fsp3) is 0.556. The van der Waals surface area contributed by atoms with Crippen LogP contribution in [0.2, 0.25) is 0 Å². The van der Waals surface area contributed by atoms with Gasteiger partial charge in [0.15, 0.2) is 0 Å². The Labute approximate surface area is 72.4 Å². The van der Waals surface area contributed by atoms with Gasteiger partial charge in [-0.25, -0.2) is 0 Å². The zero-order chi connectivity index (χ0) is 8.55. The van der Waals surface area contributed by atoms with E-state index in [1.165, 1.54) is 5.69 Å². The summed E-state index contributed by atoms with van der Waals surface area (Å²) in [6.07, 6.45) is 4.58. The quantitative estimate of drug-likeness (QED) is 0.572. The summed E-state index contributed by atoms with van der Waals surface area (Å²) in [5, 5.41) is 0. The van der Waals surface area contributed by atoms with Crippen LogP contribution in [0.3, 0.4) is 0 Å². The van der Waals surface area contributed by atoms with Crippen molar-refractivity contribution in [2.45, 2.75) is 19.4 Å². The lowest BCUT2D eigenvalue weighted by Crippen LogP contribution is -2.31. The third-order valence-electron chi connectivity index (χ3n) is 2.56. The summed E-state index contributed by atoms with van der Waals surface area (Å²) in [6, 6.07) is 0.419. The molecule has 0 amide bonds. The Kier molecular flexibility index (Phi) is 1.81. The Balaban J connectivity index is 2.42. The molecule has 1 aliphatic rings. The van der Waals surface area contributed by atoms with Gasteiger partial charge in [0.25, 0.3) is 0 Å². The molecule has 0 saturated heterocycles. The molecule has 3 heteroatoms. The molecule has 0 radical (unpaired) electrons. The van der Waals surface area contributed by atoms with Crippen molar-refractivity contribution in [2.75, 3.05) is 13.6 Å². The van der Waals surface area contributed by atoms with Crippen LogP contribution in [0.25, 0.3) is 0 Å². The van der Waals surface area contributed by atoms with Crippen molar-refractivity contribution in [1.82, 2.24) is 14.9 Å². The van der Waals surface area contributed by atoms with E-state index in [1.807, 2.05) is 0 Å². The topological polar surface area (TPSA) is 29.0 Å². The molecule has 0 aliphatic carbocycles. The summed E-state index contributed by atoms with van der Waals surface area (Å²) < 4.78 is 0. The Morgan fingerprint density at radius 1 is 1.42 bits per heavy atom. The summed E-state index contributed by atoms with van der Waals surface area (Å²) in [7, 11) is 2.13. The molecule has 12 heavy (non-hydrogen) atoms.